The minimum Gasteiger partial charge on any atom is -0.383 e. The van der Waals surface area contributed by atoms with Crippen molar-refractivity contribution in [3.05, 3.63) is 16.1 Å². The van der Waals surface area contributed by atoms with Gasteiger partial charge >= 0.3 is 0 Å². The Balaban J connectivity index is 1.65. The number of hydrogen-bond acceptors (Lipinski definition) is 6. The van der Waals surface area contributed by atoms with E-state index in [-0.39, 0.29) is 0 Å². The molecule has 0 atom stereocenters. The van der Waals surface area contributed by atoms with Crippen LogP contribution in [0.5, 0.6) is 0 Å². The Morgan fingerprint density at radius 3 is 2.84 bits per heavy atom. The highest BCUT2D eigenvalue weighted by atomic mass is 32.1. The summed E-state index contributed by atoms with van der Waals surface area (Å²) >= 11 is 1.66. The monoisotopic (exact) mass is 283 g/mol. The van der Waals surface area contributed by atoms with Crippen LogP contribution in [0.4, 0.5) is 0 Å². The summed E-state index contributed by atoms with van der Waals surface area (Å²) < 4.78 is 5.35. The molecular formula is C13H21N3O2S. The number of aliphatic hydroxyl groups is 1. The molecule has 2 fully saturated rings. The molecule has 0 spiro atoms. The zero-order chi connectivity index (χ0) is 13.1. The zero-order valence-electron chi connectivity index (χ0n) is 11.1. The first-order valence-electron chi connectivity index (χ1n) is 6.94. The fourth-order valence-electron chi connectivity index (χ4n) is 2.64. The van der Waals surface area contributed by atoms with E-state index in [0.29, 0.717) is 0 Å². The molecule has 0 aromatic carbocycles. The van der Waals surface area contributed by atoms with Gasteiger partial charge in [0.1, 0.15) is 10.6 Å². The van der Waals surface area contributed by atoms with Gasteiger partial charge in [0.2, 0.25) is 0 Å². The molecule has 106 valence electrons. The molecule has 6 heteroatoms. The molecule has 3 rings (SSSR count). The number of piperidine rings is 1. The Morgan fingerprint density at radius 1 is 1.37 bits per heavy atom. The van der Waals surface area contributed by atoms with Crippen LogP contribution >= 0.6 is 11.3 Å². The first-order chi connectivity index (χ1) is 9.26. The van der Waals surface area contributed by atoms with Crippen LogP contribution in [-0.2, 0) is 16.9 Å². The maximum atomic E-state index is 10.6. The second kappa shape index (κ2) is 5.85. The Labute approximate surface area is 117 Å². The predicted octanol–water partition coefficient (Wildman–Crippen LogP) is 0.546. The largest absolute Gasteiger partial charge is 0.383 e. The van der Waals surface area contributed by atoms with Gasteiger partial charge in [-0.25, -0.2) is 4.98 Å². The van der Waals surface area contributed by atoms with Crippen molar-refractivity contribution in [3.63, 3.8) is 0 Å². The molecule has 0 aliphatic carbocycles. The van der Waals surface area contributed by atoms with Crippen molar-refractivity contribution in [2.45, 2.75) is 25.0 Å². The summed E-state index contributed by atoms with van der Waals surface area (Å²) in [6.45, 7) is 6.19. The van der Waals surface area contributed by atoms with E-state index in [9.17, 15) is 5.11 Å². The van der Waals surface area contributed by atoms with Crippen molar-refractivity contribution in [2.75, 3.05) is 39.4 Å². The molecule has 0 bridgehead atoms. The third-order valence-corrected chi connectivity index (χ3v) is 4.76. The van der Waals surface area contributed by atoms with Crippen molar-refractivity contribution in [1.29, 1.82) is 0 Å². The van der Waals surface area contributed by atoms with Crippen molar-refractivity contribution in [2.24, 2.45) is 0 Å². The Hall–Kier alpha value is -0.530. The molecule has 3 heterocycles. The molecule has 1 aromatic heterocycles. The average Bonchev–Trinajstić information content (AvgIpc) is 2.90. The summed E-state index contributed by atoms with van der Waals surface area (Å²) in [5.41, 5.74) is 0.146. The topological polar surface area (TPSA) is 57.6 Å². The Morgan fingerprint density at radius 2 is 2.11 bits per heavy atom. The molecule has 2 aliphatic rings. The summed E-state index contributed by atoms with van der Waals surface area (Å²) in [5.74, 6) is 0. The van der Waals surface area contributed by atoms with Gasteiger partial charge in [-0.15, -0.1) is 11.3 Å². The normalized spacial score (nSPS) is 24.5. The number of rotatable bonds is 3. The molecule has 0 radical (unpaired) electrons. The third kappa shape index (κ3) is 3.14. The molecule has 1 aromatic rings. The maximum Gasteiger partial charge on any atom is 0.110 e. The third-order valence-electron chi connectivity index (χ3n) is 3.92. The van der Waals surface area contributed by atoms with Crippen LogP contribution in [0.1, 0.15) is 23.5 Å². The fraction of sp³-hybridized carbons (Fsp3) is 0.769. The number of ether oxygens (including phenoxy) is 1. The molecule has 2 N–H and O–H groups in total. The quantitative estimate of drug-likeness (QED) is 0.848. The highest BCUT2D eigenvalue weighted by molar-refractivity contribution is 7.09. The summed E-state index contributed by atoms with van der Waals surface area (Å²) in [6.07, 6.45) is 1.52. The number of thiazole rings is 1. The lowest BCUT2D eigenvalue weighted by molar-refractivity contribution is 0.00196. The van der Waals surface area contributed by atoms with E-state index in [1.807, 2.05) is 5.38 Å². The van der Waals surface area contributed by atoms with E-state index in [1.54, 1.807) is 11.3 Å². The molecular weight excluding hydrogens is 262 g/mol. The maximum absolute atomic E-state index is 10.6. The van der Waals surface area contributed by atoms with Gasteiger partial charge in [-0.2, -0.15) is 0 Å². The van der Waals surface area contributed by atoms with Gasteiger partial charge in [0, 0.05) is 18.5 Å². The average molecular weight is 283 g/mol. The first kappa shape index (κ1) is 13.5. The van der Waals surface area contributed by atoms with Crippen molar-refractivity contribution in [3.8, 4) is 0 Å². The smallest absolute Gasteiger partial charge is 0.110 e. The van der Waals surface area contributed by atoms with Crippen LogP contribution in [0.15, 0.2) is 5.38 Å². The van der Waals surface area contributed by atoms with Crippen LogP contribution in [0.2, 0.25) is 0 Å². The number of aromatic nitrogens is 1. The molecule has 0 unspecified atom stereocenters. The molecule has 0 saturated carbocycles. The molecule has 0 amide bonds. The Bertz CT molecular complexity index is 412. The number of nitrogens with one attached hydrogen (secondary N) is 1. The molecule has 2 saturated heterocycles. The summed E-state index contributed by atoms with van der Waals surface area (Å²) in [6, 6.07) is 0. The van der Waals surface area contributed by atoms with Gasteiger partial charge in [-0.05, 0) is 25.9 Å². The first-order valence-corrected chi connectivity index (χ1v) is 7.82. The van der Waals surface area contributed by atoms with Gasteiger partial charge in [0.05, 0.1) is 25.5 Å². The van der Waals surface area contributed by atoms with Crippen LogP contribution in [0.25, 0.3) is 0 Å². The minimum atomic E-state index is -0.717. The summed E-state index contributed by atoms with van der Waals surface area (Å²) in [4.78, 5) is 7.02. The summed E-state index contributed by atoms with van der Waals surface area (Å²) in [5, 5.41) is 17.0. The van der Waals surface area contributed by atoms with Gasteiger partial charge in [-0.1, -0.05) is 0 Å². The number of hydrogen-bond donors (Lipinski definition) is 2. The van der Waals surface area contributed by atoms with Gasteiger partial charge in [0.15, 0.2) is 0 Å². The molecule has 5 nitrogen and oxygen atoms in total. The van der Waals surface area contributed by atoms with E-state index >= 15 is 0 Å². The standard InChI is InChI=1S/C13H21N3O2S/c17-13(1-3-14-4-2-13)11-10-19-12(15-11)9-16-5-7-18-8-6-16/h10,14,17H,1-9H2. The lowest BCUT2D eigenvalue weighted by Gasteiger charge is -2.31. The van der Waals surface area contributed by atoms with E-state index in [0.717, 1.165) is 69.5 Å². The highest BCUT2D eigenvalue weighted by Crippen LogP contribution is 2.31. The zero-order valence-corrected chi connectivity index (χ0v) is 11.9. The lowest BCUT2D eigenvalue weighted by Crippen LogP contribution is -2.40. The predicted molar refractivity (Wildman–Crippen MR) is 74.2 cm³/mol. The van der Waals surface area contributed by atoms with Crippen molar-refractivity contribution in [1.82, 2.24) is 15.2 Å². The fourth-order valence-corrected chi connectivity index (χ4v) is 3.57. The SMILES string of the molecule is OC1(c2csc(CN3CCOCC3)n2)CCNCC1. The van der Waals surface area contributed by atoms with E-state index < -0.39 is 5.60 Å². The van der Waals surface area contributed by atoms with Crippen molar-refractivity contribution < 1.29 is 9.84 Å². The molecule has 2 aliphatic heterocycles. The van der Waals surface area contributed by atoms with Crippen LogP contribution in [0.3, 0.4) is 0 Å². The molecule has 19 heavy (non-hydrogen) atoms. The number of nitrogens with zero attached hydrogens (tertiary/aromatic N) is 2. The van der Waals surface area contributed by atoms with Crippen LogP contribution in [0, 0.1) is 0 Å². The highest BCUT2D eigenvalue weighted by Gasteiger charge is 2.33. The van der Waals surface area contributed by atoms with Crippen LogP contribution in [-0.4, -0.2) is 54.4 Å². The summed E-state index contributed by atoms with van der Waals surface area (Å²) in [7, 11) is 0. The Kier molecular flexibility index (Phi) is 4.14. The van der Waals surface area contributed by atoms with E-state index in [1.165, 1.54) is 0 Å². The number of morpholine rings is 1. The lowest BCUT2D eigenvalue weighted by atomic mass is 9.90. The minimum absolute atomic E-state index is 0.717. The second-order valence-electron chi connectivity index (χ2n) is 5.30. The van der Waals surface area contributed by atoms with E-state index in [2.05, 4.69) is 15.2 Å². The van der Waals surface area contributed by atoms with Gasteiger partial charge < -0.3 is 15.2 Å². The second-order valence-corrected chi connectivity index (χ2v) is 6.24. The van der Waals surface area contributed by atoms with Crippen LogP contribution < -0.4 is 5.32 Å². The van der Waals surface area contributed by atoms with Crippen molar-refractivity contribution >= 4 is 11.3 Å². The van der Waals surface area contributed by atoms with E-state index in [4.69, 9.17) is 4.74 Å². The van der Waals surface area contributed by atoms with Gasteiger partial charge in [0.25, 0.3) is 0 Å². The van der Waals surface area contributed by atoms with Gasteiger partial charge in [-0.3, -0.25) is 4.90 Å².